The van der Waals surface area contributed by atoms with E-state index < -0.39 is 4.92 Å². The summed E-state index contributed by atoms with van der Waals surface area (Å²) in [5.74, 6) is 0.528. The number of rotatable bonds is 7. The molecule has 0 aliphatic heterocycles. The molecule has 1 rings (SSSR count). The van der Waals surface area contributed by atoms with Gasteiger partial charge in [-0.1, -0.05) is 13.8 Å². The van der Waals surface area contributed by atoms with Gasteiger partial charge < -0.3 is 10.6 Å². The van der Waals surface area contributed by atoms with E-state index in [0.717, 1.165) is 12.8 Å². The van der Waals surface area contributed by atoms with Gasteiger partial charge in [-0.05, 0) is 26.7 Å². The van der Waals surface area contributed by atoms with Gasteiger partial charge in [-0.3, -0.25) is 10.1 Å². The quantitative estimate of drug-likeness (QED) is 0.583. The van der Waals surface area contributed by atoms with Gasteiger partial charge in [0.1, 0.15) is 6.33 Å². The summed E-state index contributed by atoms with van der Waals surface area (Å²) >= 11 is 0. The third-order valence-corrected chi connectivity index (χ3v) is 3.00. The Morgan fingerprint density at radius 2 is 1.58 bits per heavy atom. The lowest BCUT2D eigenvalue weighted by molar-refractivity contribution is -0.383. The molecule has 0 aliphatic carbocycles. The van der Waals surface area contributed by atoms with Gasteiger partial charge in [-0.15, -0.1) is 0 Å². The summed E-state index contributed by atoms with van der Waals surface area (Å²) in [6.45, 7) is 7.91. The highest BCUT2D eigenvalue weighted by atomic mass is 16.6. The monoisotopic (exact) mass is 267 g/mol. The molecule has 19 heavy (non-hydrogen) atoms. The first-order chi connectivity index (χ1) is 8.99. The van der Waals surface area contributed by atoms with Crippen molar-refractivity contribution in [2.24, 2.45) is 0 Å². The Hall–Kier alpha value is -1.92. The van der Waals surface area contributed by atoms with Crippen molar-refractivity contribution >= 4 is 17.3 Å². The Morgan fingerprint density at radius 1 is 1.16 bits per heavy atom. The highest BCUT2D eigenvalue weighted by Gasteiger charge is 2.24. The predicted octanol–water partition coefficient (Wildman–Crippen LogP) is 2.81. The Morgan fingerprint density at radius 3 is 1.89 bits per heavy atom. The Labute approximate surface area is 113 Å². The van der Waals surface area contributed by atoms with E-state index in [1.807, 2.05) is 27.7 Å². The van der Waals surface area contributed by atoms with E-state index in [0.29, 0.717) is 0 Å². The molecule has 0 saturated heterocycles. The lowest BCUT2D eigenvalue weighted by Crippen LogP contribution is -2.19. The topological polar surface area (TPSA) is 93.0 Å². The van der Waals surface area contributed by atoms with Crippen molar-refractivity contribution < 1.29 is 4.92 Å². The Balaban J connectivity index is 3.10. The van der Waals surface area contributed by atoms with Gasteiger partial charge in [0.15, 0.2) is 0 Å². The van der Waals surface area contributed by atoms with Crippen LogP contribution < -0.4 is 10.6 Å². The van der Waals surface area contributed by atoms with Gasteiger partial charge >= 0.3 is 5.69 Å². The second-order valence-corrected chi connectivity index (χ2v) is 4.58. The molecule has 0 fully saturated rings. The van der Waals surface area contributed by atoms with Crippen molar-refractivity contribution in [1.29, 1.82) is 0 Å². The second-order valence-electron chi connectivity index (χ2n) is 4.58. The van der Waals surface area contributed by atoms with E-state index >= 15 is 0 Å². The van der Waals surface area contributed by atoms with Crippen molar-refractivity contribution in [2.75, 3.05) is 10.6 Å². The van der Waals surface area contributed by atoms with Crippen LogP contribution in [0.4, 0.5) is 17.3 Å². The van der Waals surface area contributed by atoms with Gasteiger partial charge in [0.05, 0.1) is 4.92 Å². The summed E-state index contributed by atoms with van der Waals surface area (Å²) in [4.78, 5) is 18.7. The molecule has 0 aliphatic rings. The first kappa shape index (κ1) is 15.1. The van der Waals surface area contributed by atoms with E-state index in [1.54, 1.807) is 0 Å². The van der Waals surface area contributed by atoms with Crippen LogP contribution in [0.5, 0.6) is 0 Å². The van der Waals surface area contributed by atoms with Crippen LogP contribution in [0.25, 0.3) is 0 Å². The molecule has 106 valence electrons. The van der Waals surface area contributed by atoms with Crippen LogP contribution in [0.15, 0.2) is 6.33 Å². The average Bonchev–Trinajstić information content (AvgIpc) is 2.38. The van der Waals surface area contributed by atoms with Gasteiger partial charge in [0, 0.05) is 12.1 Å². The molecule has 0 bridgehead atoms. The minimum Gasteiger partial charge on any atom is -0.362 e. The summed E-state index contributed by atoms with van der Waals surface area (Å²) in [6, 6.07) is 0.232. The fraction of sp³-hybridized carbons (Fsp3) is 0.667. The maximum atomic E-state index is 11.2. The normalized spacial score (nSPS) is 13.7. The molecule has 0 spiro atoms. The van der Waals surface area contributed by atoms with Crippen molar-refractivity contribution in [3.8, 4) is 0 Å². The van der Waals surface area contributed by atoms with Gasteiger partial charge in [-0.25, -0.2) is 9.97 Å². The number of nitro groups is 1. The van der Waals surface area contributed by atoms with Crippen molar-refractivity contribution in [3.05, 3.63) is 16.4 Å². The molecule has 0 saturated carbocycles. The summed E-state index contributed by atoms with van der Waals surface area (Å²) in [7, 11) is 0. The maximum Gasteiger partial charge on any atom is 0.353 e. The van der Waals surface area contributed by atoms with Crippen LogP contribution in [0, 0.1) is 10.1 Å². The van der Waals surface area contributed by atoms with E-state index in [9.17, 15) is 10.1 Å². The minimum absolute atomic E-state index is 0.0944. The van der Waals surface area contributed by atoms with Crippen LogP contribution in [-0.4, -0.2) is 27.0 Å². The molecule has 0 aromatic carbocycles. The lowest BCUT2D eigenvalue weighted by Gasteiger charge is -2.15. The van der Waals surface area contributed by atoms with Crippen molar-refractivity contribution in [3.63, 3.8) is 0 Å². The van der Waals surface area contributed by atoms with E-state index in [-0.39, 0.29) is 29.4 Å². The van der Waals surface area contributed by atoms with E-state index in [4.69, 9.17) is 0 Å². The zero-order valence-electron chi connectivity index (χ0n) is 11.8. The number of hydrogen-bond acceptors (Lipinski definition) is 6. The number of anilines is 2. The molecular weight excluding hydrogens is 246 g/mol. The number of nitrogens with one attached hydrogen (secondary N) is 2. The van der Waals surface area contributed by atoms with Crippen molar-refractivity contribution in [1.82, 2.24) is 9.97 Å². The van der Waals surface area contributed by atoms with Crippen LogP contribution in [-0.2, 0) is 0 Å². The molecular formula is C12H21N5O2. The van der Waals surface area contributed by atoms with Crippen molar-refractivity contribution in [2.45, 2.75) is 52.6 Å². The zero-order valence-corrected chi connectivity index (χ0v) is 11.8. The highest BCUT2D eigenvalue weighted by Crippen LogP contribution is 2.30. The fourth-order valence-corrected chi connectivity index (χ4v) is 1.43. The summed E-state index contributed by atoms with van der Waals surface area (Å²) < 4.78 is 0. The van der Waals surface area contributed by atoms with Gasteiger partial charge in [-0.2, -0.15) is 0 Å². The Bertz CT molecular complexity index is 408. The zero-order chi connectivity index (χ0) is 14.4. The molecule has 1 aromatic heterocycles. The van der Waals surface area contributed by atoms with Crippen LogP contribution >= 0.6 is 0 Å². The molecule has 2 N–H and O–H groups in total. The maximum absolute atomic E-state index is 11.2. The first-order valence-electron chi connectivity index (χ1n) is 6.52. The molecule has 1 heterocycles. The standard InChI is InChI=1S/C12H21N5O2/c1-5-8(3)15-11-10(17(18)19)12(14-7-13-11)16-9(4)6-2/h7-9H,5-6H2,1-4H3,(H2,13,14,15,16). The van der Waals surface area contributed by atoms with Crippen LogP contribution in [0.1, 0.15) is 40.5 Å². The highest BCUT2D eigenvalue weighted by molar-refractivity contribution is 5.69. The average molecular weight is 267 g/mol. The minimum atomic E-state index is -0.449. The lowest BCUT2D eigenvalue weighted by atomic mass is 10.2. The third kappa shape index (κ3) is 4.04. The third-order valence-electron chi connectivity index (χ3n) is 3.00. The molecule has 2 unspecified atom stereocenters. The van der Waals surface area contributed by atoms with Crippen LogP contribution in [0.3, 0.4) is 0 Å². The van der Waals surface area contributed by atoms with Crippen LogP contribution in [0.2, 0.25) is 0 Å². The number of aromatic nitrogens is 2. The SMILES string of the molecule is CCC(C)Nc1ncnc(NC(C)CC)c1[N+](=O)[O-]. The Kier molecular flexibility index (Phi) is 5.47. The summed E-state index contributed by atoms with van der Waals surface area (Å²) in [6.07, 6.45) is 3.05. The summed E-state index contributed by atoms with van der Waals surface area (Å²) in [5.41, 5.74) is -0.0944. The number of hydrogen-bond donors (Lipinski definition) is 2. The smallest absolute Gasteiger partial charge is 0.353 e. The number of nitrogens with zero attached hydrogens (tertiary/aromatic N) is 3. The molecule has 7 nitrogen and oxygen atoms in total. The van der Waals surface area contributed by atoms with Gasteiger partial charge in [0.2, 0.25) is 11.6 Å². The molecule has 0 radical (unpaired) electrons. The van der Waals surface area contributed by atoms with E-state index in [2.05, 4.69) is 20.6 Å². The second kappa shape index (κ2) is 6.86. The predicted molar refractivity (Wildman–Crippen MR) is 75.4 cm³/mol. The first-order valence-corrected chi connectivity index (χ1v) is 6.52. The molecule has 2 atom stereocenters. The molecule has 0 amide bonds. The molecule has 1 aromatic rings. The fourth-order valence-electron chi connectivity index (χ4n) is 1.43. The largest absolute Gasteiger partial charge is 0.362 e. The van der Waals surface area contributed by atoms with E-state index in [1.165, 1.54) is 6.33 Å². The molecule has 7 heteroatoms. The van der Waals surface area contributed by atoms with Gasteiger partial charge in [0.25, 0.3) is 0 Å². The summed E-state index contributed by atoms with van der Waals surface area (Å²) in [5, 5.41) is 17.3.